The Balaban J connectivity index is 1.72. The number of aromatic nitrogens is 2. The fraction of sp³-hybridized carbons (Fsp3) is 0.200. The van der Waals surface area contributed by atoms with Gasteiger partial charge in [0.05, 0.1) is 17.5 Å². The van der Waals surface area contributed by atoms with Gasteiger partial charge in [0.25, 0.3) is 5.91 Å². The van der Waals surface area contributed by atoms with Crippen molar-refractivity contribution in [2.24, 2.45) is 0 Å². The van der Waals surface area contributed by atoms with Crippen LogP contribution in [0.1, 0.15) is 28.0 Å². The van der Waals surface area contributed by atoms with Gasteiger partial charge in [0.2, 0.25) is 0 Å². The Labute approximate surface area is 159 Å². The Hall–Kier alpha value is -2.47. The third-order valence-corrected chi connectivity index (χ3v) is 5.22. The Morgan fingerprint density at radius 3 is 2.81 bits per heavy atom. The van der Waals surface area contributed by atoms with Crippen LogP contribution in [0.25, 0.3) is 5.69 Å². The second-order valence-corrected chi connectivity index (χ2v) is 7.26. The van der Waals surface area contributed by atoms with Crippen molar-refractivity contribution < 1.29 is 9.18 Å². The molecule has 26 heavy (non-hydrogen) atoms. The summed E-state index contributed by atoms with van der Waals surface area (Å²) in [5, 5.41) is 4.25. The summed E-state index contributed by atoms with van der Waals surface area (Å²) in [6.45, 7) is 2.46. The van der Waals surface area contributed by atoms with Crippen LogP contribution in [0.2, 0.25) is 0 Å². The lowest BCUT2D eigenvalue weighted by Gasteiger charge is -2.29. The lowest BCUT2D eigenvalue weighted by atomic mass is 10.0. The predicted octanol–water partition coefficient (Wildman–Crippen LogP) is 4.68. The normalized spacial score (nSPS) is 13.6. The lowest BCUT2D eigenvalue weighted by molar-refractivity contribution is 0.0984. The van der Waals surface area contributed by atoms with Crippen LogP contribution < -0.4 is 4.90 Å². The van der Waals surface area contributed by atoms with Gasteiger partial charge in [0.15, 0.2) is 0 Å². The van der Waals surface area contributed by atoms with E-state index in [2.05, 4.69) is 27.1 Å². The molecule has 4 nitrogen and oxygen atoms in total. The molecule has 132 valence electrons. The highest BCUT2D eigenvalue weighted by molar-refractivity contribution is 9.10. The number of benzene rings is 2. The molecule has 2 aromatic carbocycles. The topological polar surface area (TPSA) is 38.1 Å². The van der Waals surface area contributed by atoms with Crippen LogP contribution in [0.3, 0.4) is 0 Å². The fourth-order valence-electron chi connectivity index (χ4n) is 3.41. The quantitative estimate of drug-likeness (QED) is 0.611. The van der Waals surface area contributed by atoms with Crippen molar-refractivity contribution in [3.8, 4) is 5.69 Å². The number of anilines is 1. The number of hydrogen-bond donors (Lipinski definition) is 0. The highest BCUT2D eigenvalue weighted by Crippen LogP contribution is 2.31. The van der Waals surface area contributed by atoms with Crippen molar-refractivity contribution in [3.63, 3.8) is 0 Å². The minimum Gasteiger partial charge on any atom is -0.308 e. The summed E-state index contributed by atoms with van der Waals surface area (Å²) in [6, 6.07) is 12.4. The first-order valence-corrected chi connectivity index (χ1v) is 9.25. The van der Waals surface area contributed by atoms with Gasteiger partial charge < -0.3 is 4.90 Å². The van der Waals surface area contributed by atoms with Crippen molar-refractivity contribution in [2.75, 3.05) is 11.4 Å². The maximum atomic E-state index is 14.1. The van der Waals surface area contributed by atoms with Crippen LogP contribution in [-0.2, 0) is 6.42 Å². The molecular weight excluding hydrogens is 397 g/mol. The maximum Gasteiger partial charge on any atom is 0.261 e. The second-order valence-electron chi connectivity index (χ2n) is 6.34. The van der Waals surface area contributed by atoms with E-state index in [9.17, 15) is 9.18 Å². The van der Waals surface area contributed by atoms with E-state index in [-0.39, 0.29) is 11.7 Å². The Morgan fingerprint density at radius 2 is 2.00 bits per heavy atom. The Morgan fingerprint density at radius 1 is 1.19 bits per heavy atom. The van der Waals surface area contributed by atoms with Crippen molar-refractivity contribution in [1.82, 2.24) is 9.78 Å². The standard InChI is InChI=1S/C20H17BrFN3O/c1-13-16(12-23-25(13)19-7-3-2-6-17(19)22)20(26)24-10-4-5-14-11-15(21)8-9-18(14)24/h2-3,6-9,11-12H,4-5,10H2,1H3. The summed E-state index contributed by atoms with van der Waals surface area (Å²) >= 11 is 3.49. The number of halogens is 2. The van der Waals surface area contributed by atoms with Crippen LogP contribution in [0.4, 0.5) is 10.1 Å². The number of hydrogen-bond acceptors (Lipinski definition) is 2. The van der Waals surface area contributed by atoms with Gasteiger partial charge in [-0.25, -0.2) is 9.07 Å². The molecule has 3 aromatic rings. The average Bonchev–Trinajstić information content (AvgIpc) is 3.02. The molecule has 2 heterocycles. The summed E-state index contributed by atoms with van der Waals surface area (Å²) in [5.74, 6) is -0.473. The molecular formula is C20H17BrFN3O. The Kier molecular flexibility index (Phi) is 4.36. The first kappa shape index (κ1) is 17.0. The summed E-state index contributed by atoms with van der Waals surface area (Å²) in [4.78, 5) is 15.0. The van der Waals surface area contributed by atoms with Gasteiger partial charge in [-0.3, -0.25) is 4.79 Å². The van der Waals surface area contributed by atoms with Gasteiger partial charge in [-0.15, -0.1) is 0 Å². The van der Waals surface area contributed by atoms with E-state index in [0.717, 1.165) is 28.6 Å². The summed E-state index contributed by atoms with van der Waals surface area (Å²) < 4.78 is 16.6. The average molecular weight is 414 g/mol. The van der Waals surface area contributed by atoms with Gasteiger partial charge in [0, 0.05) is 16.7 Å². The number of rotatable bonds is 2. The number of nitrogens with zero attached hydrogens (tertiary/aromatic N) is 3. The van der Waals surface area contributed by atoms with Gasteiger partial charge in [0.1, 0.15) is 11.5 Å². The molecule has 1 aliphatic rings. The van der Waals surface area contributed by atoms with Gasteiger partial charge in [-0.05, 0) is 55.7 Å². The SMILES string of the molecule is Cc1c(C(=O)N2CCCc3cc(Br)ccc32)cnn1-c1ccccc1F. The van der Waals surface area contributed by atoms with Gasteiger partial charge in [-0.1, -0.05) is 28.1 Å². The third kappa shape index (κ3) is 2.84. The van der Waals surface area contributed by atoms with Crippen molar-refractivity contribution in [2.45, 2.75) is 19.8 Å². The molecule has 0 fully saturated rings. The Bertz CT molecular complexity index is 998. The van der Waals surface area contributed by atoms with Crippen molar-refractivity contribution in [3.05, 3.63) is 75.8 Å². The molecule has 6 heteroatoms. The first-order chi connectivity index (χ1) is 12.6. The molecule has 0 radical (unpaired) electrons. The zero-order valence-electron chi connectivity index (χ0n) is 14.2. The monoisotopic (exact) mass is 413 g/mol. The number of carbonyl (C=O) groups is 1. The lowest BCUT2D eigenvalue weighted by Crippen LogP contribution is -2.35. The van der Waals surface area contributed by atoms with E-state index < -0.39 is 0 Å². The summed E-state index contributed by atoms with van der Waals surface area (Å²) in [7, 11) is 0. The number of para-hydroxylation sites is 1. The minimum atomic E-state index is -0.370. The summed E-state index contributed by atoms with van der Waals surface area (Å²) in [6.07, 6.45) is 3.39. The zero-order valence-corrected chi connectivity index (χ0v) is 15.8. The third-order valence-electron chi connectivity index (χ3n) is 4.73. The molecule has 0 saturated heterocycles. The molecule has 4 rings (SSSR count). The fourth-order valence-corrected chi connectivity index (χ4v) is 3.82. The van der Waals surface area contributed by atoms with Crippen LogP contribution in [-0.4, -0.2) is 22.2 Å². The molecule has 1 aliphatic heterocycles. The van der Waals surface area contributed by atoms with Crippen LogP contribution in [0, 0.1) is 12.7 Å². The van der Waals surface area contributed by atoms with Crippen LogP contribution in [0.15, 0.2) is 53.1 Å². The molecule has 0 aliphatic carbocycles. The molecule has 0 atom stereocenters. The van der Waals surface area contributed by atoms with Gasteiger partial charge in [-0.2, -0.15) is 5.10 Å². The zero-order chi connectivity index (χ0) is 18.3. The number of fused-ring (bicyclic) bond motifs is 1. The number of amides is 1. The maximum absolute atomic E-state index is 14.1. The first-order valence-electron chi connectivity index (χ1n) is 8.46. The smallest absolute Gasteiger partial charge is 0.261 e. The molecule has 1 aromatic heterocycles. The number of carbonyl (C=O) groups excluding carboxylic acids is 1. The van der Waals surface area contributed by atoms with E-state index in [1.54, 1.807) is 30.0 Å². The van der Waals surface area contributed by atoms with E-state index in [1.807, 2.05) is 12.1 Å². The van der Waals surface area contributed by atoms with E-state index in [4.69, 9.17) is 0 Å². The van der Waals surface area contributed by atoms with Crippen molar-refractivity contribution >= 4 is 27.5 Å². The van der Waals surface area contributed by atoms with E-state index in [0.29, 0.717) is 23.5 Å². The minimum absolute atomic E-state index is 0.103. The molecule has 0 saturated carbocycles. The van der Waals surface area contributed by atoms with Crippen molar-refractivity contribution in [1.29, 1.82) is 0 Å². The molecule has 1 amide bonds. The molecule has 0 N–H and O–H groups in total. The van der Waals surface area contributed by atoms with Gasteiger partial charge >= 0.3 is 0 Å². The number of aryl methyl sites for hydroxylation is 1. The highest BCUT2D eigenvalue weighted by Gasteiger charge is 2.26. The molecule has 0 spiro atoms. The highest BCUT2D eigenvalue weighted by atomic mass is 79.9. The molecule has 0 unspecified atom stereocenters. The second kappa shape index (κ2) is 6.68. The predicted molar refractivity (Wildman–Crippen MR) is 102 cm³/mol. The van der Waals surface area contributed by atoms with E-state index >= 15 is 0 Å². The van der Waals surface area contributed by atoms with Crippen LogP contribution in [0.5, 0.6) is 0 Å². The van der Waals surface area contributed by atoms with E-state index in [1.165, 1.54) is 16.9 Å². The van der Waals surface area contributed by atoms with Crippen LogP contribution >= 0.6 is 15.9 Å². The molecule has 0 bridgehead atoms. The largest absolute Gasteiger partial charge is 0.308 e. The summed E-state index contributed by atoms with van der Waals surface area (Å²) in [5.41, 5.74) is 3.54.